The molecule has 0 aliphatic carbocycles. The van der Waals surface area contributed by atoms with E-state index in [2.05, 4.69) is 15.5 Å². The highest BCUT2D eigenvalue weighted by atomic mass is 35.5. The largest absolute Gasteiger partial charge is 0.444 e. The van der Waals surface area contributed by atoms with Crippen LogP contribution < -0.4 is 5.32 Å². The molecule has 0 saturated carbocycles. The molecule has 0 spiro atoms. The molecule has 0 atom stereocenters. The van der Waals surface area contributed by atoms with Crippen molar-refractivity contribution in [2.75, 3.05) is 13.1 Å². The maximum Gasteiger partial charge on any atom is 0.407 e. The first-order valence-electron chi connectivity index (χ1n) is 9.61. The molecule has 1 aliphatic heterocycles. The maximum absolute atomic E-state index is 12.9. The van der Waals surface area contributed by atoms with Crippen LogP contribution in [-0.2, 0) is 4.74 Å². The maximum atomic E-state index is 12.9. The van der Waals surface area contributed by atoms with Crippen LogP contribution in [0.15, 0.2) is 24.3 Å². The zero-order chi connectivity index (χ0) is 21.2. The van der Waals surface area contributed by atoms with Crippen molar-refractivity contribution in [3.8, 4) is 5.69 Å². The molecule has 1 aromatic heterocycles. The smallest absolute Gasteiger partial charge is 0.407 e. The minimum atomic E-state index is -0.535. The zero-order valence-electron chi connectivity index (χ0n) is 17.1. The summed E-state index contributed by atoms with van der Waals surface area (Å²) in [5.41, 5.74) is 1.04. The Bertz CT molecular complexity index is 898. The number of hydrogen-bond donors (Lipinski definition) is 1. The van der Waals surface area contributed by atoms with Crippen molar-refractivity contribution in [3.63, 3.8) is 0 Å². The van der Waals surface area contributed by atoms with Gasteiger partial charge in [0.2, 0.25) is 0 Å². The summed E-state index contributed by atoms with van der Waals surface area (Å²) in [5, 5.41) is 12.2. The van der Waals surface area contributed by atoms with Gasteiger partial charge in [0, 0.05) is 24.2 Å². The molecule has 1 aliphatic rings. The van der Waals surface area contributed by atoms with Gasteiger partial charge in [-0.2, -0.15) is 9.90 Å². The summed E-state index contributed by atoms with van der Waals surface area (Å²) >= 11 is 6.03. The van der Waals surface area contributed by atoms with E-state index >= 15 is 0 Å². The molecule has 0 radical (unpaired) electrons. The Hall–Kier alpha value is -2.61. The molecule has 2 amide bonds. The van der Waals surface area contributed by atoms with Crippen LogP contribution in [0.2, 0.25) is 5.02 Å². The summed E-state index contributed by atoms with van der Waals surface area (Å²) < 4.78 is 5.29. The van der Waals surface area contributed by atoms with Crippen LogP contribution in [-0.4, -0.2) is 56.6 Å². The number of rotatable bonds is 3. The van der Waals surface area contributed by atoms with Crippen molar-refractivity contribution >= 4 is 23.6 Å². The molecule has 1 fully saturated rings. The summed E-state index contributed by atoms with van der Waals surface area (Å²) in [6.07, 6.45) is 0.890. The van der Waals surface area contributed by atoms with Crippen molar-refractivity contribution in [1.82, 2.24) is 25.2 Å². The van der Waals surface area contributed by atoms with Crippen molar-refractivity contribution in [2.45, 2.75) is 52.2 Å². The number of piperidine rings is 1. The van der Waals surface area contributed by atoms with Gasteiger partial charge in [-0.3, -0.25) is 4.79 Å². The van der Waals surface area contributed by atoms with Crippen LogP contribution in [0.25, 0.3) is 5.69 Å². The number of halogens is 1. The molecule has 2 heterocycles. The quantitative estimate of drug-likeness (QED) is 0.823. The molecular formula is C20H26ClN5O3. The number of carbonyl (C=O) groups is 2. The number of ether oxygens (including phenoxy) is 1. The monoisotopic (exact) mass is 419 g/mol. The van der Waals surface area contributed by atoms with E-state index in [4.69, 9.17) is 16.3 Å². The van der Waals surface area contributed by atoms with E-state index in [9.17, 15) is 9.59 Å². The number of hydrogen-bond acceptors (Lipinski definition) is 5. The lowest BCUT2D eigenvalue weighted by Gasteiger charge is -2.32. The molecule has 9 heteroatoms. The predicted octanol–water partition coefficient (Wildman–Crippen LogP) is 3.36. The Kier molecular flexibility index (Phi) is 6.12. The third-order valence-corrected chi connectivity index (χ3v) is 4.76. The van der Waals surface area contributed by atoms with E-state index < -0.39 is 11.7 Å². The second-order valence-corrected chi connectivity index (χ2v) is 8.55. The highest BCUT2D eigenvalue weighted by Gasteiger charge is 2.28. The van der Waals surface area contributed by atoms with E-state index in [1.165, 1.54) is 4.80 Å². The molecule has 1 aromatic carbocycles. The first kappa shape index (κ1) is 21.1. The van der Waals surface area contributed by atoms with Gasteiger partial charge in [-0.05, 0) is 58.7 Å². The molecular weight excluding hydrogens is 394 g/mol. The summed E-state index contributed by atoms with van der Waals surface area (Å²) in [6, 6.07) is 7.12. The summed E-state index contributed by atoms with van der Waals surface area (Å²) in [6.45, 7) is 8.30. The fraction of sp³-hybridized carbons (Fsp3) is 0.500. The molecule has 0 bridgehead atoms. The predicted molar refractivity (Wildman–Crippen MR) is 109 cm³/mol. The van der Waals surface area contributed by atoms with Gasteiger partial charge >= 0.3 is 6.09 Å². The van der Waals surface area contributed by atoms with Crippen LogP contribution in [0.3, 0.4) is 0 Å². The van der Waals surface area contributed by atoms with Gasteiger partial charge in [0.1, 0.15) is 5.60 Å². The van der Waals surface area contributed by atoms with Gasteiger partial charge < -0.3 is 15.0 Å². The Morgan fingerprint density at radius 3 is 2.52 bits per heavy atom. The van der Waals surface area contributed by atoms with Gasteiger partial charge in [0.05, 0.1) is 11.4 Å². The van der Waals surface area contributed by atoms with Crippen molar-refractivity contribution in [1.29, 1.82) is 0 Å². The standard InChI is InChI=1S/C20H26ClN5O3/c1-13-17(24-26(23-13)16-7-5-6-14(21)12-16)18(27)25-10-8-15(9-11-25)22-19(28)29-20(2,3)4/h5-7,12,15H,8-11H2,1-4H3,(H,22,28). The lowest BCUT2D eigenvalue weighted by molar-refractivity contribution is 0.0473. The van der Waals surface area contributed by atoms with Crippen LogP contribution >= 0.6 is 11.6 Å². The summed E-state index contributed by atoms with van der Waals surface area (Å²) in [4.78, 5) is 28.0. The normalized spacial score (nSPS) is 15.3. The molecule has 3 rings (SSSR count). The summed E-state index contributed by atoms with van der Waals surface area (Å²) in [7, 11) is 0. The summed E-state index contributed by atoms with van der Waals surface area (Å²) in [5.74, 6) is -0.161. The zero-order valence-corrected chi connectivity index (χ0v) is 17.9. The van der Waals surface area contributed by atoms with Crippen LogP contribution in [0, 0.1) is 6.92 Å². The van der Waals surface area contributed by atoms with Gasteiger partial charge in [-0.15, -0.1) is 5.10 Å². The fourth-order valence-corrected chi connectivity index (χ4v) is 3.33. The first-order valence-corrected chi connectivity index (χ1v) is 9.99. The number of benzene rings is 1. The van der Waals surface area contributed by atoms with Crippen LogP contribution in [0.1, 0.15) is 49.8 Å². The van der Waals surface area contributed by atoms with Gasteiger partial charge in [-0.25, -0.2) is 4.79 Å². The molecule has 0 unspecified atom stereocenters. The van der Waals surface area contributed by atoms with Crippen LogP contribution in [0.5, 0.6) is 0 Å². The Morgan fingerprint density at radius 1 is 1.21 bits per heavy atom. The topological polar surface area (TPSA) is 89.4 Å². The number of likely N-dealkylation sites (tertiary alicyclic amines) is 1. The second kappa shape index (κ2) is 8.41. The Balaban J connectivity index is 1.60. The fourth-order valence-electron chi connectivity index (χ4n) is 3.14. The van der Waals surface area contributed by atoms with Gasteiger partial charge in [-0.1, -0.05) is 17.7 Å². The van der Waals surface area contributed by atoms with Crippen molar-refractivity contribution in [2.24, 2.45) is 0 Å². The van der Waals surface area contributed by atoms with E-state index in [0.29, 0.717) is 48.0 Å². The highest BCUT2D eigenvalue weighted by molar-refractivity contribution is 6.30. The van der Waals surface area contributed by atoms with Crippen molar-refractivity contribution < 1.29 is 14.3 Å². The SMILES string of the molecule is Cc1nn(-c2cccc(Cl)c2)nc1C(=O)N1CCC(NC(=O)OC(C)(C)C)CC1. The number of amides is 2. The van der Waals surface area contributed by atoms with E-state index in [1.807, 2.05) is 26.8 Å². The average molecular weight is 420 g/mol. The lowest BCUT2D eigenvalue weighted by Crippen LogP contribution is -2.47. The minimum absolute atomic E-state index is 0.0165. The number of aryl methyl sites for hydroxylation is 1. The molecule has 1 N–H and O–H groups in total. The third kappa shape index (κ3) is 5.47. The number of alkyl carbamates (subject to hydrolysis) is 1. The molecule has 29 heavy (non-hydrogen) atoms. The van der Waals surface area contributed by atoms with Gasteiger partial charge in [0.25, 0.3) is 5.91 Å². The Morgan fingerprint density at radius 2 is 1.90 bits per heavy atom. The number of aromatic nitrogens is 3. The molecule has 2 aromatic rings. The minimum Gasteiger partial charge on any atom is -0.444 e. The van der Waals surface area contributed by atoms with E-state index in [-0.39, 0.29) is 11.9 Å². The van der Waals surface area contributed by atoms with Crippen molar-refractivity contribution in [3.05, 3.63) is 40.7 Å². The molecule has 8 nitrogen and oxygen atoms in total. The van der Waals surface area contributed by atoms with E-state index in [0.717, 1.165) is 0 Å². The first-order chi connectivity index (χ1) is 13.6. The second-order valence-electron chi connectivity index (χ2n) is 8.12. The Labute approximate surface area is 175 Å². The molecule has 156 valence electrons. The number of nitrogens with zero attached hydrogens (tertiary/aromatic N) is 4. The third-order valence-electron chi connectivity index (χ3n) is 4.53. The number of nitrogens with one attached hydrogen (secondary N) is 1. The van der Waals surface area contributed by atoms with Crippen LogP contribution in [0.4, 0.5) is 4.79 Å². The lowest BCUT2D eigenvalue weighted by atomic mass is 10.0. The average Bonchev–Trinajstić information content (AvgIpc) is 3.02. The van der Waals surface area contributed by atoms with E-state index in [1.54, 1.807) is 30.0 Å². The van der Waals surface area contributed by atoms with Gasteiger partial charge in [0.15, 0.2) is 5.69 Å². The number of carbonyl (C=O) groups excluding carboxylic acids is 2. The highest BCUT2D eigenvalue weighted by Crippen LogP contribution is 2.18. The molecule has 1 saturated heterocycles.